The molecule has 0 aliphatic heterocycles. The number of rotatable bonds is 5. The van der Waals surface area contributed by atoms with Crippen LogP contribution in [0.25, 0.3) is 0 Å². The number of nitrogens with zero attached hydrogens (tertiary/aromatic N) is 4. The lowest BCUT2D eigenvalue weighted by Crippen LogP contribution is -2.31. The zero-order valence-electron chi connectivity index (χ0n) is 11.3. The van der Waals surface area contributed by atoms with Gasteiger partial charge in [-0.15, -0.1) is 10.2 Å². The predicted molar refractivity (Wildman–Crippen MR) is 75.5 cm³/mol. The summed E-state index contributed by atoms with van der Waals surface area (Å²) in [5, 5.41) is 8.37. The van der Waals surface area contributed by atoms with Gasteiger partial charge in [-0.05, 0) is 26.2 Å². The third-order valence-electron chi connectivity index (χ3n) is 3.17. The Morgan fingerprint density at radius 3 is 2.89 bits per heavy atom. The first kappa shape index (κ1) is 13.9. The van der Waals surface area contributed by atoms with Gasteiger partial charge in [0.05, 0.1) is 5.75 Å². The van der Waals surface area contributed by atoms with Crippen molar-refractivity contribution in [1.29, 1.82) is 0 Å². The highest BCUT2D eigenvalue weighted by Crippen LogP contribution is 2.23. The van der Waals surface area contributed by atoms with Crippen molar-refractivity contribution in [2.75, 3.05) is 18.0 Å². The van der Waals surface area contributed by atoms with Crippen molar-refractivity contribution >= 4 is 23.6 Å². The zero-order valence-corrected chi connectivity index (χ0v) is 12.1. The summed E-state index contributed by atoms with van der Waals surface area (Å²) in [6, 6.07) is 0. The first-order chi connectivity index (χ1) is 9.13. The van der Waals surface area contributed by atoms with Gasteiger partial charge < -0.3 is 10.6 Å². The molecule has 7 heteroatoms. The number of nitrogen functional groups attached to an aromatic ring is 1. The third-order valence-corrected chi connectivity index (χ3v) is 4.18. The summed E-state index contributed by atoms with van der Waals surface area (Å²) in [6.07, 6.45) is 5.38. The number of allylic oxidation sites excluding steroid dienone is 2. The van der Waals surface area contributed by atoms with Gasteiger partial charge in [0.15, 0.2) is 5.16 Å². The predicted octanol–water partition coefficient (Wildman–Crippen LogP) is 1.41. The van der Waals surface area contributed by atoms with Gasteiger partial charge in [-0.2, -0.15) is 0 Å². The fourth-order valence-corrected chi connectivity index (χ4v) is 2.89. The Hall–Kier alpha value is -1.50. The molecular weight excluding hydrogens is 262 g/mol. The number of carbonyl (C=O) groups is 1. The smallest absolute Gasteiger partial charge is 0.237 e. The van der Waals surface area contributed by atoms with Gasteiger partial charge >= 0.3 is 0 Å². The molecule has 0 radical (unpaired) electrons. The first-order valence-corrected chi connectivity index (χ1v) is 7.39. The fraction of sp³-hybridized carbons (Fsp3) is 0.583. The summed E-state index contributed by atoms with van der Waals surface area (Å²) in [4.78, 5) is 14.1. The Kier molecular flexibility index (Phi) is 4.47. The monoisotopic (exact) mass is 281 g/mol. The topological polar surface area (TPSA) is 77.0 Å². The quantitative estimate of drug-likeness (QED) is 0.826. The van der Waals surface area contributed by atoms with E-state index < -0.39 is 0 Å². The van der Waals surface area contributed by atoms with Crippen LogP contribution in [0.4, 0.5) is 5.95 Å². The number of nitrogens with two attached hydrogens (primary N) is 1. The molecule has 0 atom stereocenters. The largest absolute Gasteiger partial charge is 0.368 e. The molecule has 0 saturated heterocycles. The van der Waals surface area contributed by atoms with E-state index in [0.717, 1.165) is 25.0 Å². The lowest BCUT2D eigenvalue weighted by Gasteiger charge is -2.21. The van der Waals surface area contributed by atoms with Gasteiger partial charge in [0.1, 0.15) is 0 Å². The average Bonchev–Trinajstić information content (AvgIpc) is 3.01. The van der Waals surface area contributed by atoms with E-state index in [2.05, 4.69) is 16.3 Å². The van der Waals surface area contributed by atoms with Crippen LogP contribution in [0.3, 0.4) is 0 Å². The highest BCUT2D eigenvalue weighted by molar-refractivity contribution is 7.99. The maximum Gasteiger partial charge on any atom is 0.237 e. The van der Waals surface area contributed by atoms with E-state index in [4.69, 9.17) is 5.73 Å². The second kappa shape index (κ2) is 6.10. The summed E-state index contributed by atoms with van der Waals surface area (Å²) in [7, 11) is 1.79. The number of aromatic nitrogens is 3. The molecule has 1 amide bonds. The molecule has 19 heavy (non-hydrogen) atoms. The minimum atomic E-state index is 0.113. The molecule has 1 heterocycles. The summed E-state index contributed by atoms with van der Waals surface area (Å²) < 4.78 is 1.68. The minimum absolute atomic E-state index is 0.113. The highest BCUT2D eigenvalue weighted by atomic mass is 32.2. The molecule has 1 aliphatic carbocycles. The molecule has 6 nitrogen and oxygen atoms in total. The molecule has 1 aromatic rings. The van der Waals surface area contributed by atoms with Crippen LogP contribution < -0.4 is 5.73 Å². The van der Waals surface area contributed by atoms with Crippen molar-refractivity contribution < 1.29 is 4.79 Å². The van der Waals surface area contributed by atoms with Crippen molar-refractivity contribution in [2.24, 2.45) is 7.05 Å². The Morgan fingerprint density at radius 1 is 1.58 bits per heavy atom. The van der Waals surface area contributed by atoms with Gasteiger partial charge in [-0.25, -0.2) is 0 Å². The number of amides is 1. The summed E-state index contributed by atoms with van der Waals surface area (Å²) in [5.41, 5.74) is 6.76. The van der Waals surface area contributed by atoms with Crippen molar-refractivity contribution in [1.82, 2.24) is 19.7 Å². The lowest BCUT2D eigenvalue weighted by atomic mass is 10.3. The van der Waals surface area contributed by atoms with E-state index in [1.165, 1.54) is 11.8 Å². The van der Waals surface area contributed by atoms with Crippen molar-refractivity contribution in [3.8, 4) is 0 Å². The maximum atomic E-state index is 12.2. The standard InChI is InChI=1S/C12H19N5OS/c1-3-17(9-6-4-5-7-9)10(18)8-19-12-15-14-11(13)16(12)2/h6H,3-5,7-8H2,1-2H3,(H2,13,14). The summed E-state index contributed by atoms with van der Waals surface area (Å²) in [6.45, 7) is 2.72. The molecule has 0 aromatic carbocycles. The SMILES string of the molecule is CCN(C(=O)CSc1nnc(N)n1C)C1=CCCC1. The molecule has 0 fully saturated rings. The van der Waals surface area contributed by atoms with Gasteiger partial charge in [-0.1, -0.05) is 17.8 Å². The molecule has 0 spiro atoms. The molecule has 0 bridgehead atoms. The number of hydrogen-bond acceptors (Lipinski definition) is 5. The average molecular weight is 281 g/mol. The van der Waals surface area contributed by atoms with E-state index in [9.17, 15) is 4.79 Å². The highest BCUT2D eigenvalue weighted by Gasteiger charge is 2.19. The normalized spacial score (nSPS) is 14.5. The van der Waals surface area contributed by atoms with Crippen LogP contribution in [0.1, 0.15) is 26.2 Å². The van der Waals surface area contributed by atoms with Crippen molar-refractivity contribution in [3.63, 3.8) is 0 Å². The fourth-order valence-electron chi connectivity index (χ4n) is 2.09. The van der Waals surface area contributed by atoms with Crippen molar-refractivity contribution in [2.45, 2.75) is 31.3 Å². The van der Waals surface area contributed by atoms with Crippen LogP contribution in [0, 0.1) is 0 Å². The molecule has 0 unspecified atom stereocenters. The van der Waals surface area contributed by atoms with E-state index >= 15 is 0 Å². The van der Waals surface area contributed by atoms with E-state index in [1.807, 2.05) is 11.8 Å². The summed E-state index contributed by atoms with van der Waals surface area (Å²) in [5.74, 6) is 0.833. The summed E-state index contributed by atoms with van der Waals surface area (Å²) >= 11 is 1.37. The van der Waals surface area contributed by atoms with Crippen molar-refractivity contribution in [3.05, 3.63) is 11.8 Å². The van der Waals surface area contributed by atoms with Gasteiger partial charge in [0.2, 0.25) is 11.9 Å². The van der Waals surface area contributed by atoms with E-state index in [0.29, 0.717) is 23.4 Å². The number of carbonyl (C=O) groups excluding carboxylic acids is 1. The minimum Gasteiger partial charge on any atom is -0.368 e. The van der Waals surface area contributed by atoms with Crippen LogP contribution in [0.15, 0.2) is 16.9 Å². The molecule has 2 N–H and O–H groups in total. The molecule has 104 valence electrons. The molecule has 0 saturated carbocycles. The van der Waals surface area contributed by atoms with Crippen LogP contribution in [-0.2, 0) is 11.8 Å². The molecular formula is C12H19N5OS. The van der Waals surface area contributed by atoms with Crippen LogP contribution in [0.2, 0.25) is 0 Å². The number of anilines is 1. The number of thioether (sulfide) groups is 1. The van der Waals surface area contributed by atoms with Crippen LogP contribution in [0.5, 0.6) is 0 Å². The number of hydrogen-bond donors (Lipinski definition) is 1. The van der Waals surface area contributed by atoms with Crippen LogP contribution in [-0.4, -0.2) is 37.9 Å². The Labute approximate surface area is 117 Å². The van der Waals surface area contributed by atoms with E-state index in [1.54, 1.807) is 11.6 Å². The molecule has 1 aliphatic rings. The first-order valence-electron chi connectivity index (χ1n) is 6.40. The van der Waals surface area contributed by atoms with Gasteiger partial charge in [0, 0.05) is 19.3 Å². The Bertz CT molecular complexity index is 496. The second-order valence-corrected chi connectivity index (χ2v) is 5.36. The third kappa shape index (κ3) is 3.09. The van der Waals surface area contributed by atoms with E-state index in [-0.39, 0.29) is 5.91 Å². The molecule has 2 rings (SSSR count). The van der Waals surface area contributed by atoms with Gasteiger partial charge in [0.25, 0.3) is 0 Å². The maximum absolute atomic E-state index is 12.2. The Morgan fingerprint density at radius 2 is 2.37 bits per heavy atom. The second-order valence-electron chi connectivity index (χ2n) is 4.41. The van der Waals surface area contributed by atoms with Gasteiger partial charge in [-0.3, -0.25) is 9.36 Å². The van der Waals surface area contributed by atoms with Crippen LogP contribution >= 0.6 is 11.8 Å². The lowest BCUT2D eigenvalue weighted by molar-refractivity contribution is -0.126. The Balaban J connectivity index is 1.94. The molecule has 1 aromatic heterocycles. The zero-order chi connectivity index (χ0) is 13.8.